The monoisotopic (exact) mass is 507 g/mol. The van der Waals surface area contributed by atoms with Gasteiger partial charge in [-0.3, -0.25) is 4.79 Å². The lowest BCUT2D eigenvalue weighted by atomic mass is 10.1. The molecule has 0 radical (unpaired) electrons. The van der Waals surface area contributed by atoms with Crippen LogP contribution < -0.4 is 14.9 Å². The van der Waals surface area contributed by atoms with Crippen molar-refractivity contribution in [3.63, 3.8) is 0 Å². The molecule has 4 aromatic rings. The Hall–Kier alpha value is -3.95. The molecule has 4 rings (SSSR count). The summed E-state index contributed by atoms with van der Waals surface area (Å²) in [6.07, 6.45) is 0. The van der Waals surface area contributed by atoms with E-state index in [9.17, 15) is 23.1 Å². The quantitative estimate of drug-likeness (QED) is 0.281. The second kappa shape index (κ2) is 9.96. The Bertz CT molecular complexity index is 1570. The number of fused-ring (bicyclic) bond motifs is 1. The number of rotatable bonds is 7. The molecule has 36 heavy (non-hydrogen) atoms. The fourth-order valence-corrected chi connectivity index (χ4v) is 4.97. The van der Waals surface area contributed by atoms with Crippen molar-refractivity contribution >= 4 is 27.0 Å². The molecular formula is C27H25NO7S. The zero-order valence-corrected chi connectivity index (χ0v) is 20.7. The molecule has 0 saturated carbocycles. The summed E-state index contributed by atoms with van der Waals surface area (Å²) in [5, 5.41) is 10.4. The van der Waals surface area contributed by atoms with Crippen molar-refractivity contribution in [2.24, 2.45) is 5.92 Å². The van der Waals surface area contributed by atoms with E-state index >= 15 is 0 Å². The molecular weight excluding hydrogens is 482 g/mol. The van der Waals surface area contributed by atoms with Gasteiger partial charge in [-0.25, -0.2) is 13.2 Å². The first kappa shape index (κ1) is 25.2. The van der Waals surface area contributed by atoms with Crippen LogP contribution in [-0.2, 0) is 14.8 Å². The van der Waals surface area contributed by atoms with Crippen LogP contribution in [0.4, 0.5) is 0 Å². The van der Waals surface area contributed by atoms with Crippen molar-refractivity contribution in [1.82, 2.24) is 4.72 Å². The molecule has 1 heterocycles. The summed E-state index contributed by atoms with van der Waals surface area (Å²) in [4.78, 5) is 25.6. The summed E-state index contributed by atoms with van der Waals surface area (Å²) in [7, 11) is -4.00. The summed E-state index contributed by atoms with van der Waals surface area (Å²) < 4.78 is 39.3. The number of esters is 1. The maximum absolute atomic E-state index is 13.0. The van der Waals surface area contributed by atoms with Crippen molar-refractivity contribution in [2.45, 2.75) is 31.7 Å². The van der Waals surface area contributed by atoms with E-state index in [1.165, 1.54) is 24.3 Å². The number of carbonyl (C=O) groups excluding carboxylic acids is 1. The van der Waals surface area contributed by atoms with Crippen LogP contribution >= 0.6 is 0 Å². The van der Waals surface area contributed by atoms with Crippen LogP contribution in [-0.4, -0.2) is 25.5 Å². The predicted octanol–water partition coefficient (Wildman–Crippen LogP) is 4.38. The molecule has 1 unspecified atom stereocenters. The Morgan fingerprint density at radius 2 is 1.67 bits per heavy atom. The number of nitrogens with one attached hydrogen (secondary N) is 1. The minimum atomic E-state index is -4.00. The van der Waals surface area contributed by atoms with Crippen LogP contribution in [0.1, 0.15) is 19.4 Å². The number of phenols is 1. The topological polar surface area (TPSA) is 123 Å². The van der Waals surface area contributed by atoms with E-state index in [0.717, 1.165) is 11.6 Å². The van der Waals surface area contributed by atoms with Gasteiger partial charge in [0.2, 0.25) is 10.0 Å². The third kappa shape index (κ3) is 5.32. The summed E-state index contributed by atoms with van der Waals surface area (Å²) in [6.45, 7) is 5.18. The fraction of sp³-hybridized carbons (Fsp3) is 0.185. The van der Waals surface area contributed by atoms with Gasteiger partial charge in [-0.05, 0) is 25.0 Å². The van der Waals surface area contributed by atoms with Gasteiger partial charge in [-0.2, -0.15) is 4.72 Å². The summed E-state index contributed by atoms with van der Waals surface area (Å²) in [5.74, 6) is -1.57. The van der Waals surface area contributed by atoms with Gasteiger partial charge >= 0.3 is 5.97 Å². The number of phenolic OH excluding ortho intramolecular Hbond substituents is 1. The second-order valence-corrected chi connectivity index (χ2v) is 10.4. The Kier molecular flexibility index (Phi) is 6.96. The van der Waals surface area contributed by atoms with E-state index in [1.54, 1.807) is 50.2 Å². The number of benzene rings is 3. The van der Waals surface area contributed by atoms with Crippen molar-refractivity contribution in [1.29, 1.82) is 0 Å². The SMILES string of the molecule is Cc1ccc(S(=O)(=O)NC(C(=O)Oc2cc(O)c3c(=O)cc(-c4ccccc4)oc3c2)C(C)C)cc1. The minimum absolute atomic E-state index is 0.0186. The molecule has 3 aromatic carbocycles. The molecule has 0 amide bonds. The van der Waals surface area contributed by atoms with E-state index < -0.39 is 39.1 Å². The van der Waals surface area contributed by atoms with Crippen molar-refractivity contribution in [2.75, 3.05) is 0 Å². The average molecular weight is 508 g/mol. The third-order valence-electron chi connectivity index (χ3n) is 5.59. The highest BCUT2D eigenvalue weighted by Gasteiger charge is 2.30. The standard InChI is InChI=1S/C27H25NO7S/c1-16(2)26(28-36(32,33)20-11-9-17(3)10-12-20)27(31)34-19-13-21(29)25-22(30)15-23(35-24(25)14-19)18-7-5-4-6-8-18/h4-16,26,28-29H,1-3H3. The maximum Gasteiger partial charge on any atom is 0.329 e. The Labute approximate surface area is 208 Å². The highest BCUT2D eigenvalue weighted by molar-refractivity contribution is 7.89. The Morgan fingerprint density at radius 3 is 2.31 bits per heavy atom. The van der Waals surface area contributed by atoms with E-state index in [0.29, 0.717) is 5.56 Å². The predicted molar refractivity (Wildman–Crippen MR) is 135 cm³/mol. The first-order chi connectivity index (χ1) is 17.0. The highest BCUT2D eigenvalue weighted by Crippen LogP contribution is 2.31. The van der Waals surface area contributed by atoms with Crippen LogP contribution in [0.3, 0.4) is 0 Å². The van der Waals surface area contributed by atoms with Gasteiger partial charge < -0.3 is 14.3 Å². The van der Waals surface area contributed by atoms with Crippen LogP contribution in [0.25, 0.3) is 22.3 Å². The van der Waals surface area contributed by atoms with E-state index in [4.69, 9.17) is 9.15 Å². The van der Waals surface area contributed by atoms with Gasteiger partial charge in [0.25, 0.3) is 0 Å². The molecule has 0 spiro atoms. The van der Waals surface area contributed by atoms with Gasteiger partial charge in [0, 0.05) is 23.8 Å². The lowest BCUT2D eigenvalue weighted by molar-refractivity contribution is -0.137. The smallest absolute Gasteiger partial charge is 0.329 e. The molecule has 0 fully saturated rings. The molecule has 0 saturated heterocycles. The van der Waals surface area contributed by atoms with E-state index in [1.807, 2.05) is 13.0 Å². The molecule has 0 bridgehead atoms. The zero-order valence-electron chi connectivity index (χ0n) is 19.9. The van der Waals surface area contributed by atoms with Gasteiger partial charge in [0.05, 0.1) is 4.90 Å². The van der Waals surface area contributed by atoms with Crippen molar-refractivity contribution in [3.8, 4) is 22.8 Å². The normalized spacial score (nSPS) is 12.6. The number of hydrogen-bond donors (Lipinski definition) is 2. The van der Waals surface area contributed by atoms with Crippen LogP contribution in [0, 0.1) is 12.8 Å². The maximum atomic E-state index is 13.0. The highest BCUT2D eigenvalue weighted by atomic mass is 32.2. The first-order valence-corrected chi connectivity index (χ1v) is 12.7. The molecule has 1 atom stereocenters. The molecule has 8 nitrogen and oxygen atoms in total. The number of sulfonamides is 1. The zero-order chi connectivity index (χ0) is 26.0. The van der Waals surface area contributed by atoms with Crippen molar-refractivity contribution in [3.05, 3.63) is 88.6 Å². The van der Waals surface area contributed by atoms with Gasteiger partial charge in [-0.1, -0.05) is 61.9 Å². The minimum Gasteiger partial charge on any atom is -0.507 e. The van der Waals surface area contributed by atoms with Crippen LogP contribution in [0.5, 0.6) is 11.5 Å². The molecule has 0 aliphatic rings. The molecule has 1 aromatic heterocycles. The number of carbonyl (C=O) groups is 1. The van der Waals surface area contributed by atoms with Gasteiger partial charge in [0.15, 0.2) is 5.43 Å². The second-order valence-electron chi connectivity index (χ2n) is 8.73. The molecule has 9 heteroatoms. The number of ether oxygens (including phenoxy) is 1. The number of aromatic hydroxyl groups is 1. The first-order valence-electron chi connectivity index (χ1n) is 11.2. The van der Waals surface area contributed by atoms with E-state index in [-0.39, 0.29) is 27.4 Å². The van der Waals surface area contributed by atoms with Crippen LogP contribution in [0.15, 0.2) is 86.9 Å². The number of hydrogen-bond acceptors (Lipinski definition) is 7. The largest absolute Gasteiger partial charge is 0.507 e. The summed E-state index contributed by atoms with van der Waals surface area (Å²) in [6, 6.07) is 17.7. The number of aryl methyl sites for hydroxylation is 1. The molecule has 186 valence electrons. The average Bonchev–Trinajstić information content (AvgIpc) is 2.82. The summed E-state index contributed by atoms with van der Waals surface area (Å²) in [5.41, 5.74) is 1.11. The fourth-order valence-electron chi connectivity index (χ4n) is 3.64. The van der Waals surface area contributed by atoms with Crippen LogP contribution in [0.2, 0.25) is 0 Å². The third-order valence-corrected chi connectivity index (χ3v) is 7.05. The van der Waals surface area contributed by atoms with Crippen molar-refractivity contribution < 1.29 is 27.5 Å². The Morgan fingerprint density at radius 1 is 1.00 bits per heavy atom. The lowest BCUT2D eigenvalue weighted by Crippen LogP contribution is -2.46. The van der Waals surface area contributed by atoms with Gasteiger partial charge in [-0.15, -0.1) is 0 Å². The molecule has 0 aliphatic heterocycles. The molecule has 2 N–H and O–H groups in total. The Balaban J connectivity index is 1.64. The van der Waals surface area contributed by atoms with Gasteiger partial charge in [0.1, 0.15) is 34.3 Å². The summed E-state index contributed by atoms with van der Waals surface area (Å²) >= 11 is 0. The lowest BCUT2D eigenvalue weighted by Gasteiger charge is -2.21. The van der Waals surface area contributed by atoms with E-state index in [2.05, 4.69) is 4.72 Å². The molecule has 0 aliphatic carbocycles.